The quantitative estimate of drug-likeness (QED) is 0.400. The lowest BCUT2D eigenvalue weighted by atomic mass is 9.91. The van der Waals surface area contributed by atoms with Crippen LogP contribution >= 0.6 is 0 Å². The number of allylic oxidation sites excluding steroid dienone is 4. The van der Waals surface area contributed by atoms with E-state index in [1.54, 1.807) is 0 Å². The van der Waals surface area contributed by atoms with Crippen molar-refractivity contribution in [3.8, 4) is 0 Å². The number of sulfone groups is 1. The van der Waals surface area contributed by atoms with E-state index in [9.17, 15) is 35.2 Å². The number of hydrogen-bond acceptors (Lipinski definition) is 6. The van der Waals surface area contributed by atoms with Gasteiger partial charge in [0.25, 0.3) is 5.91 Å². The highest BCUT2D eigenvalue weighted by molar-refractivity contribution is 7.94. The Hall–Kier alpha value is -3.87. The van der Waals surface area contributed by atoms with Gasteiger partial charge in [-0.25, -0.2) is 22.2 Å². The fourth-order valence-electron chi connectivity index (χ4n) is 3.80. The first-order valence-electron chi connectivity index (χ1n) is 10.9. The molecule has 0 aliphatic carbocycles. The van der Waals surface area contributed by atoms with Crippen molar-refractivity contribution in [1.82, 2.24) is 4.98 Å². The predicted molar refractivity (Wildman–Crippen MR) is 133 cm³/mol. The lowest BCUT2D eigenvalue weighted by Crippen LogP contribution is -2.57. The molecule has 2 heterocycles. The topological polar surface area (TPSA) is 115 Å². The Balaban J connectivity index is 1.96. The number of aromatic nitrogens is 1. The second-order valence-corrected chi connectivity index (χ2v) is 11.2. The van der Waals surface area contributed by atoms with Gasteiger partial charge >= 0.3 is 6.18 Å². The van der Waals surface area contributed by atoms with Crippen molar-refractivity contribution in [3.63, 3.8) is 0 Å². The van der Waals surface area contributed by atoms with Gasteiger partial charge in [0, 0.05) is 17.3 Å². The van der Waals surface area contributed by atoms with E-state index in [1.807, 2.05) is 0 Å². The van der Waals surface area contributed by atoms with Crippen LogP contribution in [-0.4, -0.2) is 41.8 Å². The highest BCUT2D eigenvalue weighted by atomic mass is 32.2. The van der Waals surface area contributed by atoms with Gasteiger partial charge in [0.1, 0.15) is 28.7 Å². The van der Waals surface area contributed by atoms with Crippen LogP contribution in [0.1, 0.15) is 29.9 Å². The molecule has 0 radical (unpaired) electrons. The highest BCUT2D eigenvalue weighted by Crippen LogP contribution is 2.41. The summed E-state index contributed by atoms with van der Waals surface area (Å²) in [5, 5.41) is 2.48. The number of amidine groups is 1. The van der Waals surface area contributed by atoms with Crippen molar-refractivity contribution in [3.05, 3.63) is 95.9 Å². The smallest absolute Gasteiger partial charge is 0.386 e. The third kappa shape index (κ3) is 5.82. The number of carbonyl (C=O) groups is 1. The molecule has 3 N–H and O–H groups in total. The van der Waals surface area contributed by atoms with Crippen LogP contribution in [0.25, 0.3) is 0 Å². The Morgan fingerprint density at radius 2 is 1.84 bits per heavy atom. The minimum absolute atomic E-state index is 0.0380. The van der Waals surface area contributed by atoms with Crippen LogP contribution in [0.5, 0.6) is 0 Å². The van der Waals surface area contributed by atoms with Crippen molar-refractivity contribution in [1.29, 1.82) is 0 Å². The minimum Gasteiger partial charge on any atom is -0.386 e. The van der Waals surface area contributed by atoms with E-state index in [4.69, 9.17) is 5.73 Å². The van der Waals surface area contributed by atoms with E-state index >= 15 is 0 Å². The van der Waals surface area contributed by atoms with Gasteiger partial charge in [0.15, 0.2) is 14.6 Å². The van der Waals surface area contributed by atoms with Crippen LogP contribution < -0.4 is 11.1 Å². The lowest BCUT2D eigenvalue weighted by Gasteiger charge is -2.40. The van der Waals surface area contributed by atoms with E-state index in [0.29, 0.717) is 6.08 Å². The van der Waals surface area contributed by atoms with Gasteiger partial charge in [-0.2, -0.15) is 13.2 Å². The molecule has 3 rings (SSSR count). The zero-order chi connectivity index (χ0) is 28.5. The summed E-state index contributed by atoms with van der Waals surface area (Å²) in [4.78, 5) is 20.4. The number of rotatable bonds is 6. The molecule has 0 unspecified atom stereocenters. The summed E-state index contributed by atoms with van der Waals surface area (Å²) in [7, 11) is -4.24. The van der Waals surface area contributed by atoms with E-state index in [0.717, 1.165) is 36.5 Å². The monoisotopic (exact) mass is 554 g/mol. The van der Waals surface area contributed by atoms with Gasteiger partial charge in [-0.05, 0) is 49.8 Å². The summed E-state index contributed by atoms with van der Waals surface area (Å²) < 4.78 is 89.9. The van der Waals surface area contributed by atoms with Crippen LogP contribution in [0.2, 0.25) is 0 Å². The first-order valence-corrected chi connectivity index (χ1v) is 12.6. The zero-order valence-corrected chi connectivity index (χ0v) is 21.0. The Bertz CT molecular complexity index is 1470. The van der Waals surface area contributed by atoms with Gasteiger partial charge in [-0.1, -0.05) is 24.8 Å². The number of benzene rings is 1. The Kier molecular flexibility index (Phi) is 7.64. The molecule has 0 fully saturated rings. The number of amides is 1. The molecule has 38 heavy (non-hydrogen) atoms. The first kappa shape index (κ1) is 28.7. The SMILES string of the molecule is C=C(/C=C\C=C\C(F)(F)F)[C@@]1(C)C(N)=N[C@](C)(c2cc(NC(=O)c3ccc(F)cn3)ccc2F)CS1(=O)=O. The molecule has 202 valence electrons. The van der Waals surface area contributed by atoms with Crippen LogP contribution in [0.15, 0.2) is 78.0 Å². The van der Waals surface area contributed by atoms with Crippen LogP contribution in [0, 0.1) is 11.6 Å². The Labute approximate surface area is 215 Å². The number of hydrogen-bond donors (Lipinski definition) is 2. The summed E-state index contributed by atoms with van der Waals surface area (Å²) >= 11 is 0. The fraction of sp³-hybridized carbons (Fsp3) is 0.240. The van der Waals surface area contributed by atoms with E-state index in [2.05, 4.69) is 21.9 Å². The molecule has 1 aliphatic heterocycles. The molecule has 2 atom stereocenters. The van der Waals surface area contributed by atoms with Gasteiger partial charge in [0.05, 0.1) is 11.9 Å². The predicted octanol–water partition coefficient (Wildman–Crippen LogP) is 4.60. The molecule has 0 saturated heterocycles. The van der Waals surface area contributed by atoms with E-state index < -0.39 is 55.4 Å². The highest BCUT2D eigenvalue weighted by Gasteiger charge is 2.53. The molecule has 0 spiro atoms. The molecule has 0 saturated carbocycles. The lowest BCUT2D eigenvalue weighted by molar-refractivity contribution is -0.0798. The van der Waals surface area contributed by atoms with Gasteiger partial charge in [-0.15, -0.1) is 0 Å². The van der Waals surface area contributed by atoms with Crippen molar-refractivity contribution >= 4 is 27.3 Å². The summed E-state index contributed by atoms with van der Waals surface area (Å²) in [5.74, 6) is -3.35. The van der Waals surface area contributed by atoms with Crippen LogP contribution in [-0.2, 0) is 15.4 Å². The van der Waals surface area contributed by atoms with Crippen molar-refractivity contribution < 1.29 is 35.2 Å². The summed E-state index contributed by atoms with van der Waals surface area (Å²) in [6.45, 7) is 6.21. The number of aliphatic imine (C=N–C) groups is 1. The third-order valence-electron chi connectivity index (χ3n) is 6.02. The number of anilines is 1. The third-order valence-corrected chi connectivity index (χ3v) is 8.68. The molecular formula is C25H23F5N4O3S. The summed E-state index contributed by atoms with van der Waals surface area (Å²) in [6.07, 6.45) is -1.02. The maximum Gasteiger partial charge on any atom is 0.409 e. The number of halogens is 5. The molecule has 1 amide bonds. The second-order valence-electron chi connectivity index (χ2n) is 8.86. The Morgan fingerprint density at radius 3 is 2.42 bits per heavy atom. The molecule has 0 bridgehead atoms. The molecular weight excluding hydrogens is 531 g/mol. The second kappa shape index (κ2) is 10.1. The fourth-order valence-corrected chi connectivity index (χ4v) is 5.88. The molecule has 7 nitrogen and oxygen atoms in total. The van der Waals surface area contributed by atoms with Crippen LogP contribution in [0.3, 0.4) is 0 Å². The standard InChI is InChI=1S/C25H23F5N4O3S/c1-15(6-4-5-11-25(28,29)30)24(3)22(31)34-23(2,14-38(24,36)37)18-12-17(8-9-19(18)27)33-21(35)20-10-7-16(26)13-32-20/h4-13H,1,14H2,2-3H3,(H2,31,34)(H,33,35)/b6-4-,11-5+/t23-,24-/m0/s1. The number of carbonyl (C=O) groups excluding carboxylic acids is 1. The summed E-state index contributed by atoms with van der Waals surface area (Å²) in [6, 6.07) is 5.63. The van der Waals surface area contributed by atoms with Crippen molar-refractivity contribution in [2.45, 2.75) is 30.3 Å². The molecule has 13 heteroatoms. The van der Waals surface area contributed by atoms with Crippen molar-refractivity contribution in [2.24, 2.45) is 10.7 Å². The molecule has 1 aromatic carbocycles. The van der Waals surface area contributed by atoms with Gasteiger partial charge in [0.2, 0.25) is 0 Å². The van der Waals surface area contributed by atoms with Crippen molar-refractivity contribution in [2.75, 3.05) is 11.1 Å². The maximum absolute atomic E-state index is 14.9. The molecule has 2 aromatic rings. The van der Waals surface area contributed by atoms with Gasteiger partial charge in [-0.3, -0.25) is 9.79 Å². The first-order chi connectivity index (χ1) is 17.5. The Morgan fingerprint density at radius 1 is 1.16 bits per heavy atom. The number of pyridine rings is 1. The summed E-state index contributed by atoms with van der Waals surface area (Å²) in [5.41, 5.74) is 4.00. The van der Waals surface area contributed by atoms with E-state index in [-0.39, 0.29) is 28.6 Å². The number of nitrogens with two attached hydrogens (primary N) is 1. The number of nitrogens with zero attached hydrogens (tertiary/aromatic N) is 2. The maximum atomic E-state index is 14.9. The normalized spacial score (nSPS) is 23.4. The number of nitrogens with one attached hydrogen (secondary N) is 1. The van der Waals surface area contributed by atoms with Crippen LogP contribution in [0.4, 0.5) is 27.6 Å². The average Bonchev–Trinajstić information content (AvgIpc) is 2.80. The molecule has 1 aromatic heterocycles. The largest absolute Gasteiger partial charge is 0.409 e. The zero-order valence-electron chi connectivity index (χ0n) is 20.2. The average molecular weight is 555 g/mol. The number of alkyl halides is 3. The van der Waals surface area contributed by atoms with Gasteiger partial charge < -0.3 is 11.1 Å². The van der Waals surface area contributed by atoms with E-state index in [1.165, 1.54) is 26.0 Å². The minimum atomic E-state index is -4.55. The molecule has 1 aliphatic rings.